The van der Waals surface area contributed by atoms with Gasteiger partial charge < -0.3 is 10.4 Å². The highest BCUT2D eigenvalue weighted by Crippen LogP contribution is 2.04. The van der Waals surface area contributed by atoms with E-state index in [4.69, 9.17) is 5.11 Å². The summed E-state index contributed by atoms with van der Waals surface area (Å²) in [5, 5.41) is 15.6. The standard InChI is InChI=1S/C16H17N3O2/c20-11-2-6-14-4-1-5-15(12-14)13-17-16(21)7-10-19-9-3-8-18-19/h1,3-5,8-9,12,20H,7,10-11,13H2,(H,17,21). The van der Waals surface area contributed by atoms with Gasteiger partial charge in [0.25, 0.3) is 0 Å². The van der Waals surface area contributed by atoms with Gasteiger partial charge in [0.2, 0.25) is 5.91 Å². The van der Waals surface area contributed by atoms with E-state index in [2.05, 4.69) is 22.3 Å². The van der Waals surface area contributed by atoms with Crippen LogP contribution in [0.5, 0.6) is 0 Å². The molecule has 1 aromatic carbocycles. The molecule has 2 aromatic rings. The number of benzene rings is 1. The lowest BCUT2D eigenvalue weighted by Gasteiger charge is -2.06. The molecule has 0 atom stereocenters. The van der Waals surface area contributed by atoms with Crippen molar-refractivity contribution < 1.29 is 9.90 Å². The van der Waals surface area contributed by atoms with Gasteiger partial charge in [-0.15, -0.1) is 0 Å². The van der Waals surface area contributed by atoms with E-state index >= 15 is 0 Å². The summed E-state index contributed by atoms with van der Waals surface area (Å²) in [6, 6.07) is 9.41. The van der Waals surface area contributed by atoms with E-state index in [1.807, 2.05) is 36.5 Å². The fourth-order valence-corrected chi connectivity index (χ4v) is 1.84. The molecular weight excluding hydrogens is 266 g/mol. The Hall–Kier alpha value is -2.58. The number of carbonyl (C=O) groups is 1. The highest BCUT2D eigenvalue weighted by atomic mass is 16.2. The molecule has 0 spiro atoms. The number of carbonyl (C=O) groups excluding carboxylic acids is 1. The quantitative estimate of drug-likeness (QED) is 0.802. The molecular formula is C16H17N3O2. The van der Waals surface area contributed by atoms with Crippen LogP contribution in [0.3, 0.4) is 0 Å². The second-order valence-corrected chi connectivity index (χ2v) is 4.46. The van der Waals surface area contributed by atoms with Crippen molar-refractivity contribution in [2.45, 2.75) is 19.5 Å². The van der Waals surface area contributed by atoms with Crippen molar-refractivity contribution in [1.29, 1.82) is 0 Å². The average Bonchev–Trinajstić information content (AvgIpc) is 3.03. The summed E-state index contributed by atoms with van der Waals surface area (Å²) in [4.78, 5) is 11.8. The first kappa shape index (κ1) is 14.8. The Morgan fingerprint density at radius 1 is 1.38 bits per heavy atom. The maximum absolute atomic E-state index is 11.8. The van der Waals surface area contributed by atoms with E-state index in [1.165, 1.54) is 0 Å². The minimum absolute atomic E-state index is 0.0163. The SMILES string of the molecule is O=C(CCn1cccn1)NCc1cccc(C#CCO)c1. The lowest BCUT2D eigenvalue weighted by Crippen LogP contribution is -2.24. The first-order valence-electron chi connectivity index (χ1n) is 6.71. The average molecular weight is 283 g/mol. The number of nitrogens with one attached hydrogen (secondary N) is 1. The van der Waals surface area contributed by atoms with Gasteiger partial charge in [-0.05, 0) is 23.8 Å². The fraction of sp³-hybridized carbons (Fsp3) is 0.250. The number of aromatic nitrogens is 2. The fourth-order valence-electron chi connectivity index (χ4n) is 1.84. The molecule has 2 N–H and O–H groups in total. The Morgan fingerprint density at radius 2 is 2.29 bits per heavy atom. The Balaban J connectivity index is 1.80. The van der Waals surface area contributed by atoms with Crippen molar-refractivity contribution in [1.82, 2.24) is 15.1 Å². The number of aliphatic hydroxyl groups is 1. The van der Waals surface area contributed by atoms with E-state index in [1.54, 1.807) is 10.9 Å². The van der Waals surface area contributed by atoms with Crippen molar-refractivity contribution in [3.8, 4) is 11.8 Å². The van der Waals surface area contributed by atoms with Crippen LogP contribution in [0, 0.1) is 11.8 Å². The summed E-state index contributed by atoms with van der Waals surface area (Å²) < 4.78 is 1.73. The zero-order valence-corrected chi connectivity index (χ0v) is 11.6. The van der Waals surface area contributed by atoms with Gasteiger partial charge in [0.15, 0.2) is 0 Å². The molecule has 0 aliphatic carbocycles. The third-order valence-electron chi connectivity index (χ3n) is 2.86. The first-order valence-corrected chi connectivity index (χ1v) is 6.71. The topological polar surface area (TPSA) is 67.2 Å². The molecule has 5 heteroatoms. The van der Waals surface area contributed by atoms with Crippen LogP contribution in [-0.2, 0) is 17.9 Å². The van der Waals surface area contributed by atoms with Gasteiger partial charge in [-0.2, -0.15) is 5.10 Å². The number of aliphatic hydroxyl groups excluding tert-OH is 1. The summed E-state index contributed by atoms with van der Waals surface area (Å²) >= 11 is 0. The minimum Gasteiger partial charge on any atom is -0.384 e. The van der Waals surface area contributed by atoms with Crippen molar-refractivity contribution in [2.24, 2.45) is 0 Å². The number of hydrogen-bond acceptors (Lipinski definition) is 3. The highest BCUT2D eigenvalue weighted by molar-refractivity contribution is 5.75. The van der Waals surface area contributed by atoms with Crippen LogP contribution in [0.25, 0.3) is 0 Å². The van der Waals surface area contributed by atoms with E-state index in [-0.39, 0.29) is 12.5 Å². The number of amides is 1. The zero-order chi connectivity index (χ0) is 14.9. The van der Waals surface area contributed by atoms with E-state index in [0.29, 0.717) is 19.5 Å². The van der Waals surface area contributed by atoms with Crippen LogP contribution in [0.15, 0.2) is 42.7 Å². The Bertz CT molecular complexity index is 639. The minimum atomic E-state index is -0.158. The van der Waals surface area contributed by atoms with E-state index < -0.39 is 0 Å². The Labute approximate surface area is 123 Å². The van der Waals surface area contributed by atoms with Crippen LogP contribution in [0.4, 0.5) is 0 Å². The third kappa shape index (κ3) is 5.13. The van der Waals surface area contributed by atoms with Crippen molar-refractivity contribution >= 4 is 5.91 Å². The van der Waals surface area contributed by atoms with Crippen LogP contribution >= 0.6 is 0 Å². The van der Waals surface area contributed by atoms with Gasteiger partial charge in [-0.25, -0.2) is 0 Å². The molecule has 1 amide bonds. The number of hydrogen-bond donors (Lipinski definition) is 2. The summed E-state index contributed by atoms with van der Waals surface area (Å²) in [5.74, 6) is 5.43. The van der Waals surface area contributed by atoms with Crippen LogP contribution < -0.4 is 5.32 Å². The van der Waals surface area contributed by atoms with Crippen molar-refractivity contribution in [2.75, 3.05) is 6.61 Å². The summed E-state index contributed by atoms with van der Waals surface area (Å²) in [6.45, 7) is 0.877. The maximum Gasteiger partial charge on any atom is 0.222 e. The van der Waals surface area contributed by atoms with Gasteiger partial charge in [0, 0.05) is 37.5 Å². The molecule has 5 nitrogen and oxygen atoms in total. The van der Waals surface area contributed by atoms with Gasteiger partial charge in [0.05, 0.1) is 0 Å². The van der Waals surface area contributed by atoms with Gasteiger partial charge >= 0.3 is 0 Å². The molecule has 0 radical (unpaired) electrons. The molecule has 21 heavy (non-hydrogen) atoms. The summed E-state index contributed by atoms with van der Waals surface area (Å²) in [7, 11) is 0. The highest BCUT2D eigenvalue weighted by Gasteiger charge is 2.02. The smallest absolute Gasteiger partial charge is 0.222 e. The molecule has 0 saturated heterocycles. The van der Waals surface area contributed by atoms with Crippen LogP contribution in [-0.4, -0.2) is 27.4 Å². The van der Waals surface area contributed by atoms with Gasteiger partial charge in [-0.3, -0.25) is 9.48 Å². The maximum atomic E-state index is 11.8. The number of rotatable bonds is 5. The molecule has 0 bridgehead atoms. The molecule has 1 heterocycles. The lowest BCUT2D eigenvalue weighted by molar-refractivity contribution is -0.121. The Kier molecular flexibility index (Phi) is 5.56. The van der Waals surface area contributed by atoms with Gasteiger partial charge in [0.1, 0.15) is 6.61 Å². The van der Waals surface area contributed by atoms with Crippen LogP contribution in [0.1, 0.15) is 17.5 Å². The molecule has 108 valence electrons. The monoisotopic (exact) mass is 283 g/mol. The normalized spacial score (nSPS) is 9.76. The molecule has 0 unspecified atom stereocenters. The van der Waals surface area contributed by atoms with E-state index in [0.717, 1.165) is 11.1 Å². The van der Waals surface area contributed by atoms with Crippen molar-refractivity contribution in [3.63, 3.8) is 0 Å². The molecule has 0 aliphatic rings. The number of nitrogens with zero attached hydrogens (tertiary/aromatic N) is 2. The number of aryl methyl sites for hydroxylation is 1. The predicted octanol–water partition coefficient (Wildman–Crippen LogP) is 0.933. The molecule has 0 saturated carbocycles. The zero-order valence-electron chi connectivity index (χ0n) is 11.6. The van der Waals surface area contributed by atoms with Crippen LogP contribution in [0.2, 0.25) is 0 Å². The molecule has 0 fully saturated rings. The lowest BCUT2D eigenvalue weighted by atomic mass is 10.1. The molecule has 0 aliphatic heterocycles. The Morgan fingerprint density at radius 3 is 3.05 bits per heavy atom. The summed E-state index contributed by atoms with van der Waals surface area (Å²) in [5.41, 5.74) is 1.81. The third-order valence-corrected chi connectivity index (χ3v) is 2.86. The van der Waals surface area contributed by atoms with Crippen molar-refractivity contribution in [3.05, 3.63) is 53.9 Å². The first-order chi connectivity index (χ1) is 10.3. The largest absolute Gasteiger partial charge is 0.384 e. The van der Waals surface area contributed by atoms with Gasteiger partial charge in [-0.1, -0.05) is 24.0 Å². The second-order valence-electron chi connectivity index (χ2n) is 4.46. The molecule has 2 rings (SSSR count). The summed E-state index contributed by atoms with van der Waals surface area (Å²) in [6.07, 6.45) is 3.92. The predicted molar refractivity (Wildman–Crippen MR) is 79.1 cm³/mol. The van der Waals surface area contributed by atoms with E-state index in [9.17, 15) is 4.79 Å². The second kappa shape index (κ2) is 7.88. The molecule has 1 aromatic heterocycles.